The largest absolute Gasteiger partial charge is 0.497 e. The quantitative estimate of drug-likeness (QED) is 0.626. The minimum absolute atomic E-state index is 0.0681. The van der Waals surface area contributed by atoms with E-state index in [0.717, 1.165) is 16.8 Å². The van der Waals surface area contributed by atoms with Crippen molar-refractivity contribution in [2.75, 3.05) is 16.7 Å². The second kappa shape index (κ2) is 8.43. The molecule has 0 atom stereocenters. The summed E-state index contributed by atoms with van der Waals surface area (Å²) in [5.41, 5.74) is 3.89. The van der Waals surface area contributed by atoms with Gasteiger partial charge in [0.2, 0.25) is 5.91 Å². The predicted molar refractivity (Wildman–Crippen MR) is 121 cm³/mol. The van der Waals surface area contributed by atoms with E-state index in [-0.39, 0.29) is 10.8 Å². The molecule has 4 rings (SSSR count). The molecule has 6 nitrogen and oxygen atoms in total. The summed E-state index contributed by atoms with van der Waals surface area (Å²) in [6.07, 6.45) is 0.976. The first-order valence-corrected chi connectivity index (χ1v) is 11.5. The van der Waals surface area contributed by atoms with E-state index in [2.05, 4.69) is 4.72 Å². The number of carbonyl (C=O) groups is 1. The molecular formula is C24H24N2O4S. The van der Waals surface area contributed by atoms with Gasteiger partial charge >= 0.3 is 0 Å². The molecule has 3 aromatic carbocycles. The highest BCUT2D eigenvalue weighted by Crippen LogP contribution is 2.32. The first-order valence-electron chi connectivity index (χ1n) is 10.0. The fourth-order valence-corrected chi connectivity index (χ4v) is 5.10. The summed E-state index contributed by atoms with van der Waals surface area (Å²) in [5, 5.41) is 0. The third-order valence-corrected chi connectivity index (χ3v) is 6.93. The van der Waals surface area contributed by atoms with Gasteiger partial charge in [-0.15, -0.1) is 0 Å². The number of amides is 1. The van der Waals surface area contributed by atoms with Gasteiger partial charge in [-0.05, 0) is 66.4 Å². The van der Waals surface area contributed by atoms with E-state index in [4.69, 9.17) is 4.74 Å². The fourth-order valence-electron chi connectivity index (χ4n) is 3.82. The summed E-state index contributed by atoms with van der Waals surface area (Å²) in [7, 11) is -2.21. The highest BCUT2D eigenvalue weighted by atomic mass is 32.2. The van der Waals surface area contributed by atoms with E-state index in [9.17, 15) is 13.2 Å². The zero-order valence-corrected chi connectivity index (χ0v) is 18.3. The van der Waals surface area contributed by atoms with Crippen molar-refractivity contribution >= 4 is 27.3 Å². The van der Waals surface area contributed by atoms with Gasteiger partial charge < -0.3 is 9.64 Å². The lowest BCUT2D eigenvalue weighted by Crippen LogP contribution is -2.34. The van der Waals surface area contributed by atoms with Gasteiger partial charge in [0.15, 0.2) is 0 Å². The van der Waals surface area contributed by atoms with Crippen LogP contribution in [-0.2, 0) is 27.8 Å². The molecule has 160 valence electrons. The Hall–Kier alpha value is -3.32. The molecule has 1 aliphatic rings. The Bertz CT molecular complexity index is 1220. The number of hydrogen-bond donors (Lipinski definition) is 1. The normalized spacial score (nSPS) is 13.6. The molecule has 1 heterocycles. The SMILES string of the molecule is COc1ccc(S(=O)(=O)Nc2ccc3c(c2)CCC(=O)N3Cc2ccccc2)c(C)c1. The first kappa shape index (κ1) is 20.9. The van der Waals surface area contributed by atoms with Crippen LogP contribution < -0.4 is 14.4 Å². The summed E-state index contributed by atoms with van der Waals surface area (Å²) >= 11 is 0. The third-order valence-electron chi connectivity index (χ3n) is 5.39. The maximum Gasteiger partial charge on any atom is 0.262 e. The summed E-state index contributed by atoms with van der Waals surface area (Å²) in [5.74, 6) is 0.673. The number of carbonyl (C=O) groups excluding carboxylic acids is 1. The molecule has 31 heavy (non-hydrogen) atoms. The van der Waals surface area contributed by atoms with E-state index >= 15 is 0 Å². The Morgan fingerprint density at radius 3 is 2.48 bits per heavy atom. The summed E-state index contributed by atoms with van der Waals surface area (Å²) in [6, 6.07) is 20.0. The van der Waals surface area contributed by atoms with Gasteiger partial charge in [0.1, 0.15) is 5.75 Å². The number of hydrogen-bond acceptors (Lipinski definition) is 4. The standard InChI is InChI=1S/C24H24N2O4S/c1-17-14-21(30-2)10-12-23(17)31(28,29)25-20-9-11-22-19(15-20)8-13-24(27)26(22)16-18-6-4-3-5-7-18/h3-7,9-12,14-15,25H,8,13,16H2,1-2H3. The molecule has 0 radical (unpaired) electrons. The number of ether oxygens (including phenoxy) is 1. The van der Waals surface area contributed by atoms with Crippen LogP contribution >= 0.6 is 0 Å². The van der Waals surface area contributed by atoms with Crippen LogP contribution in [0.1, 0.15) is 23.1 Å². The highest BCUT2D eigenvalue weighted by molar-refractivity contribution is 7.92. The number of fused-ring (bicyclic) bond motifs is 1. The highest BCUT2D eigenvalue weighted by Gasteiger charge is 2.25. The average Bonchev–Trinajstić information content (AvgIpc) is 2.76. The molecule has 3 aromatic rings. The van der Waals surface area contributed by atoms with E-state index in [1.807, 2.05) is 42.5 Å². The van der Waals surface area contributed by atoms with Crippen LogP contribution in [0.5, 0.6) is 5.75 Å². The molecule has 0 saturated heterocycles. The molecule has 0 aliphatic carbocycles. The van der Waals surface area contributed by atoms with Crippen LogP contribution in [0.2, 0.25) is 0 Å². The minimum Gasteiger partial charge on any atom is -0.497 e. The van der Waals surface area contributed by atoms with Gasteiger partial charge in [0, 0.05) is 17.8 Å². The zero-order valence-electron chi connectivity index (χ0n) is 17.5. The molecule has 0 spiro atoms. The van der Waals surface area contributed by atoms with E-state index in [0.29, 0.717) is 36.4 Å². The molecule has 0 saturated carbocycles. The summed E-state index contributed by atoms with van der Waals surface area (Å²) < 4.78 is 33.7. The van der Waals surface area contributed by atoms with Crippen molar-refractivity contribution < 1.29 is 17.9 Å². The Morgan fingerprint density at radius 1 is 1.00 bits per heavy atom. The molecule has 0 unspecified atom stereocenters. The van der Waals surface area contributed by atoms with Crippen molar-refractivity contribution in [2.24, 2.45) is 0 Å². The van der Waals surface area contributed by atoms with Crippen LogP contribution in [-0.4, -0.2) is 21.4 Å². The van der Waals surface area contributed by atoms with Crippen molar-refractivity contribution in [1.82, 2.24) is 0 Å². The van der Waals surface area contributed by atoms with Crippen molar-refractivity contribution in [3.05, 3.63) is 83.4 Å². The number of sulfonamides is 1. The van der Waals surface area contributed by atoms with E-state index in [1.54, 1.807) is 37.1 Å². The second-order valence-electron chi connectivity index (χ2n) is 7.55. The van der Waals surface area contributed by atoms with Gasteiger partial charge in [-0.25, -0.2) is 8.42 Å². The lowest BCUT2D eigenvalue weighted by Gasteiger charge is -2.30. The topological polar surface area (TPSA) is 75.7 Å². The van der Waals surface area contributed by atoms with Gasteiger partial charge in [0.05, 0.1) is 18.6 Å². The third kappa shape index (κ3) is 4.41. The van der Waals surface area contributed by atoms with Crippen LogP contribution in [0.15, 0.2) is 71.6 Å². The monoisotopic (exact) mass is 436 g/mol. The van der Waals surface area contributed by atoms with Crippen LogP contribution in [0, 0.1) is 6.92 Å². The van der Waals surface area contributed by atoms with Crippen LogP contribution in [0.3, 0.4) is 0 Å². The number of nitrogens with one attached hydrogen (secondary N) is 1. The Kier molecular flexibility index (Phi) is 5.69. The smallest absolute Gasteiger partial charge is 0.262 e. The Balaban J connectivity index is 1.60. The second-order valence-corrected chi connectivity index (χ2v) is 9.20. The van der Waals surface area contributed by atoms with Gasteiger partial charge in [-0.1, -0.05) is 30.3 Å². The minimum atomic E-state index is -3.75. The molecule has 0 aromatic heterocycles. The number of rotatable bonds is 6. The van der Waals surface area contributed by atoms with Crippen molar-refractivity contribution in [1.29, 1.82) is 0 Å². The summed E-state index contributed by atoms with van der Waals surface area (Å²) in [6.45, 7) is 2.22. The number of aryl methyl sites for hydroxylation is 2. The molecule has 1 N–H and O–H groups in total. The number of anilines is 2. The fraction of sp³-hybridized carbons (Fsp3) is 0.208. The number of methoxy groups -OCH3 is 1. The van der Waals surface area contributed by atoms with Gasteiger partial charge in [-0.3, -0.25) is 9.52 Å². The number of benzene rings is 3. The molecular weight excluding hydrogens is 412 g/mol. The zero-order chi connectivity index (χ0) is 22.0. The molecule has 1 aliphatic heterocycles. The van der Waals surface area contributed by atoms with Gasteiger partial charge in [-0.2, -0.15) is 0 Å². The lowest BCUT2D eigenvalue weighted by atomic mass is 10.00. The van der Waals surface area contributed by atoms with E-state index in [1.165, 1.54) is 6.07 Å². The van der Waals surface area contributed by atoms with Crippen molar-refractivity contribution in [3.8, 4) is 5.75 Å². The Labute approximate surface area is 182 Å². The average molecular weight is 437 g/mol. The molecule has 0 fully saturated rings. The summed E-state index contributed by atoms with van der Waals surface area (Å²) in [4.78, 5) is 14.5. The molecule has 0 bridgehead atoms. The molecule has 1 amide bonds. The van der Waals surface area contributed by atoms with Crippen LogP contribution in [0.4, 0.5) is 11.4 Å². The maximum absolute atomic E-state index is 12.9. The predicted octanol–water partition coefficient (Wildman–Crippen LogP) is 4.28. The number of nitrogens with zero attached hydrogens (tertiary/aromatic N) is 1. The first-order chi connectivity index (χ1) is 14.9. The lowest BCUT2D eigenvalue weighted by molar-refractivity contribution is -0.119. The molecule has 7 heteroatoms. The van der Waals surface area contributed by atoms with Crippen molar-refractivity contribution in [3.63, 3.8) is 0 Å². The van der Waals surface area contributed by atoms with Crippen molar-refractivity contribution in [2.45, 2.75) is 31.2 Å². The maximum atomic E-state index is 12.9. The van der Waals surface area contributed by atoms with Crippen LogP contribution in [0.25, 0.3) is 0 Å². The Morgan fingerprint density at radius 2 is 1.77 bits per heavy atom. The van der Waals surface area contributed by atoms with Gasteiger partial charge in [0.25, 0.3) is 10.0 Å². The van der Waals surface area contributed by atoms with E-state index < -0.39 is 10.0 Å².